The number of carbonyl (C=O) groups excluding carboxylic acids is 2. The van der Waals surface area contributed by atoms with Crippen LogP contribution in [-0.2, 0) is 32.7 Å². The van der Waals surface area contributed by atoms with Crippen LogP contribution >= 0.6 is 7.82 Å². The van der Waals surface area contributed by atoms with Gasteiger partial charge in [-0.2, -0.15) is 0 Å². The van der Waals surface area contributed by atoms with E-state index in [1.165, 1.54) is 0 Å². The van der Waals surface area contributed by atoms with Crippen molar-refractivity contribution in [3.63, 3.8) is 0 Å². The van der Waals surface area contributed by atoms with Crippen LogP contribution in [0.15, 0.2) is 109 Å². The number of carbonyl (C=O) groups is 2. The van der Waals surface area contributed by atoms with Crippen LogP contribution in [0.4, 0.5) is 0 Å². The second kappa shape index (κ2) is 38.8. The van der Waals surface area contributed by atoms with E-state index in [9.17, 15) is 24.2 Å². The highest BCUT2D eigenvalue weighted by molar-refractivity contribution is 7.45. The lowest BCUT2D eigenvalue weighted by Gasteiger charge is -2.28. The highest BCUT2D eigenvalue weighted by atomic mass is 31.2. The Bertz CT molecular complexity index is 1380. The van der Waals surface area contributed by atoms with E-state index in [1.54, 1.807) is 12.2 Å². The summed E-state index contributed by atoms with van der Waals surface area (Å²) in [4.78, 5) is 37.6. The number of likely N-dealkylation sites (N-methyl/N-ethyl adjacent to an activating group) is 1. The second-order valence-electron chi connectivity index (χ2n) is 15.1. The van der Waals surface area contributed by atoms with E-state index in [-0.39, 0.29) is 26.1 Å². The van der Waals surface area contributed by atoms with Crippen molar-refractivity contribution in [2.24, 2.45) is 0 Å². The summed E-state index contributed by atoms with van der Waals surface area (Å²) >= 11 is 0. The van der Waals surface area contributed by atoms with Crippen LogP contribution < -0.4 is 4.89 Å². The number of unbranched alkanes of at least 4 members (excludes halogenated alkanes) is 4. The monoisotopic (exact) mass is 844 g/mol. The molecular formula is C48H78NO9P. The Hall–Kier alpha value is -3.37. The van der Waals surface area contributed by atoms with Gasteiger partial charge >= 0.3 is 11.9 Å². The van der Waals surface area contributed by atoms with E-state index in [1.807, 2.05) is 33.3 Å². The molecule has 3 atom stereocenters. The number of nitrogens with zero attached hydrogens (tertiary/aromatic N) is 1. The third kappa shape index (κ3) is 42.6. The topological polar surface area (TPSA) is 131 Å². The Morgan fingerprint density at radius 3 is 1.69 bits per heavy atom. The third-order valence-corrected chi connectivity index (χ3v) is 9.36. The minimum Gasteiger partial charge on any atom is -0.756 e. The van der Waals surface area contributed by atoms with Gasteiger partial charge in [0.15, 0.2) is 6.10 Å². The fourth-order valence-electron chi connectivity index (χ4n) is 5.02. The molecule has 1 N–H and O–H groups in total. The fraction of sp³-hybridized carbons (Fsp3) is 0.583. The highest BCUT2D eigenvalue weighted by Gasteiger charge is 2.22. The van der Waals surface area contributed by atoms with Crippen LogP contribution in [0.3, 0.4) is 0 Å². The first-order valence-corrected chi connectivity index (χ1v) is 23.2. The van der Waals surface area contributed by atoms with Crippen molar-refractivity contribution >= 4 is 19.8 Å². The summed E-state index contributed by atoms with van der Waals surface area (Å²) in [7, 11) is 1.01. The fourth-order valence-corrected chi connectivity index (χ4v) is 5.75. The van der Waals surface area contributed by atoms with Gasteiger partial charge in [0, 0.05) is 12.8 Å². The third-order valence-electron chi connectivity index (χ3n) is 8.39. The van der Waals surface area contributed by atoms with Crippen molar-refractivity contribution in [1.29, 1.82) is 0 Å². The van der Waals surface area contributed by atoms with Crippen LogP contribution in [0, 0.1) is 0 Å². The van der Waals surface area contributed by atoms with Gasteiger partial charge in [0.25, 0.3) is 7.82 Å². The number of aliphatic hydroxyl groups is 1. The van der Waals surface area contributed by atoms with Crippen molar-refractivity contribution in [2.75, 3.05) is 47.5 Å². The maximum atomic E-state index is 12.7. The number of rotatable bonds is 37. The van der Waals surface area contributed by atoms with Gasteiger partial charge in [0.05, 0.1) is 33.9 Å². The molecule has 0 fully saturated rings. The van der Waals surface area contributed by atoms with E-state index in [4.69, 9.17) is 18.5 Å². The number of quaternary nitrogens is 1. The molecule has 0 amide bonds. The summed E-state index contributed by atoms with van der Waals surface area (Å²) in [6.45, 7) is 3.70. The molecule has 0 saturated carbocycles. The average Bonchev–Trinajstić information content (AvgIpc) is 3.18. The Balaban J connectivity index is 4.64. The summed E-state index contributed by atoms with van der Waals surface area (Å²) in [6.07, 6.45) is 48.6. The molecule has 0 aliphatic carbocycles. The molecule has 0 radical (unpaired) electrons. The zero-order chi connectivity index (χ0) is 43.7. The minimum atomic E-state index is -4.69. The van der Waals surface area contributed by atoms with Crippen molar-refractivity contribution in [3.05, 3.63) is 109 Å². The largest absolute Gasteiger partial charge is 0.756 e. The SMILES string of the molecule is CC/C=C\C/C=C\C/C=C\C/C=C\C=C\C(O)CCCC(=O)O[C@H](COC(=O)CCCCCC/C=C\C/C=C\C/C=C\C/C=C\CC)COP(=O)([O-])OCC[N+](C)(C)C. The van der Waals surface area contributed by atoms with E-state index in [2.05, 4.69) is 98.9 Å². The van der Waals surface area contributed by atoms with Crippen LogP contribution in [0.2, 0.25) is 0 Å². The molecule has 59 heavy (non-hydrogen) atoms. The molecular weight excluding hydrogens is 766 g/mol. The maximum absolute atomic E-state index is 12.7. The zero-order valence-corrected chi connectivity index (χ0v) is 37.9. The zero-order valence-electron chi connectivity index (χ0n) is 37.0. The molecule has 334 valence electrons. The summed E-state index contributed by atoms with van der Waals surface area (Å²) in [6, 6.07) is 0. The molecule has 2 unspecified atom stereocenters. The van der Waals surface area contributed by atoms with Crippen molar-refractivity contribution in [2.45, 2.75) is 135 Å². The van der Waals surface area contributed by atoms with Gasteiger partial charge in [0.2, 0.25) is 0 Å². The molecule has 0 heterocycles. The summed E-state index contributed by atoms with van der Waals surface area (Å²) in [5.74, 6) is -1.08. The lowest BCUT2D eigenvalue weighted by molar-refractivity contribution is -0.870. The van der Waals surface area contributed by atoms with Gasteiger partial charge in [0.1, 0.15) is 19.8 Å². The van der Waals surface area contributed by atoms with Gasteiger partial charge in [-0.1, -0.05) is 136 Å². The first-order valence-electron chi connectivity index (χ1n) is 21.7. The molecule has 0 saturated heterocycles. The van der Waals surface area contributed by atoms with Crippen LogP contribution in [0.25, 0.3) is 0 Å². The standard InChI is InChI=1S/C48H78NO9P/c1-6-8-10-12-14-16-18-20-21-22-23-25-27-29-31-33-35-39-47(51)55-43-46(44-57-59(53,54)56-42-41-49(3,4)5)58-48(52)40-36-38-45(50)37-34-32-30-28-26-24-19-17-15-13-11-9-7-2/h8-11,14-17,20-21,23-26,30,32,34,37,45-46,50H,6-7,12-13,18-19,22,27-29,31,33,35-36,38-44H2,1-5H3/b10-8-,11-9-,16-14-,17-15-,21-20-,25-23-,26-24-,32-30-,37-34+/t45?,46-/m1/s1. The Morgan fingerprint density at radius 1 is 0.627 bits per heavy atom. The van der Waals surface area contributed by atoms with E-state index in [0.29, 0.717) is 30.3 Å². The van der Waals surface area contributed by atoms with Gasteiger partial charge in [-0.15, -0.1) is 0 Å². The lowest BCUT2D eigenvalue weighted by atomic mass is 10.1. The maximum Gasteiger partial charge on any atom is 0.306 e. The molecule has 0 aromatic carbocycles. The minimum absolute atomic E-state index is 0.0186. The summed E-state index contributed by atoms with van der Waals surface area (Å²) < 4.78 is 33.7. The number of ether oxygens (including phenoxy) is 2. The summed E-state index contributed by atoms with van der Waals surface area (Å²) in [5, 5.41) is 10.3. The molecule has 0 aromatic heterocycles. The van der Waals surface area contributed by atoms with Crippen molar-refractivity contribution in [3.8, 4) is 0 Å². The van der Waals surface area contributed by atoms with E-state index >= 15 is 0 Å². The molecule has 0 bridgehead atoms. The number of allylic oxidation sites excluding steroid dienone is 17. The second-order valence-corrected chi connectivity index (χ2v) is 16.6. The van der Waals surface area contributed by atoms with E-state index in [0.717, 1.165) is 77.0 Å². The number of phosphoric acid groups is 1. The lowest BCUT2D eigenvalue weighted by Crippen LogP contribution is -2.37. The highest BCUT2D eigenvalue weighted by Crippen LogP contribution is 2.38. The van der Waals surface area contributed by atoms with Gasteiger partial charge < -0.3 is 33.0 Å². The van der Waals surface area contributed by atoms with Crippen molar-refractivity contribution in [1.82, 2.24) is 0 Å². The number of hydrogen-bond acceptors (Lipinski definition) is 9. The molecule has 0 aliphatic rings. The smallest absolute Gasteiger partial charge is 0.306 e. The molecule has 0 rings (SSSR count). The quantitative estimate of drug-likeness (QED) is 0.0162. The van der Waals surface area contributed by atoms with Crippen LogP contribution in [0.5, 0.6) is 0 Å². The predicted molar refractivity (Wildman–Crippen MR) is 241 cm³/mol. The normalized spacial score (nSPS) is 15.2. The number of aliphatic hydroxyl groups excluding tert-OH is 1. The molecule has 0 spiro atoms. The summed E-state index contributed by atoms with van der Waals surface area (Å²) in [5.41, 5.74) is 0. The van der Waals surface area contributed by atoms with Gasteiger partial charge in [-0.3, -0.25) is 14.2 Å². The Kier molecular flexibility index (Phi) is 36.6. The Morgan fingerprint density at radius 2 is 1.14 bits per heavy atom. The van der Waals surface area contributed by atoms with Gasteiger partial charge in [-0.25, -0.2) is 0 Å². The Labute approximate surface area is 358 Å². The molecule has 0 aromatic rings. The average molecular weight is 844 g/mol. The van der Waals surface area contributed by atoms with E-state index < -0.39 is 38.6 Å². The molecule has 11 heteroatoms. The predicted octanol–water partition coefficient (Wildman–Crippen LogP) is 10.7. The first-order chi connectivity index (χ1) is 28.4. The number of hydrogen-bond donors (Lipinski definition) is 1. The van der Waals surface area contributed by atoms with Crippen LogP contribution in [-0.4, -0.2) is 81.2 Å². The molecule has 0 aliphatic heterocycles. The first kappa shape index (κ1) is 55.6. The van der Waals surface area contributed by atoms with Crippen molar-refractivity contribution < 1.29 is 47.2 Å². The van der Waals surface area contributed by atoms with Gasteiger partial charge in [-0.05, 0) is 83.5 Å². The number of phosphoric ester groups is 1. The van der Waals surface area contributed by atoms with Crippen LogP contribution in [0.1, 0.15) is 123 Å². The number of esters is 2. The molecule has 10 nitrogen and oxygen atoms in total.